The molecule has 0 aromatic rings. The summed E-state index contributed by atoms with van der Waals surface area (Å²) < 4.78 is 0. The van der Waals surface area contributed by atoms with Crippen molar-refractivity contribution < 1.29 is 0 Å². The monoisotopic (exact) mass is 282 g/mol. The molecule has 0 nitrogen and oxygen atoms in total. The number of rotatable bonds is 0. The summed E-state index contributed by atoms with van der Waals surface area (Å²) in [5.74, 6) is 6.47. The van der Waals surface area contributed by atoms with E-state index in [1.807, 2.05) is 5.57 Å². The average molecular weight is 282 g/mol. The topological polar surface area (TPSA) is 0 Å². The van der Waals surface area contributed by atoms with E-state index in [2.05, 4.69) is 25.8 Å². The molecule has 0 heteroatoms. The first-order valence-corrected chi connectivity index (χ1v) is 9.25. The molecule has 4 aliphatic carbocycles. The van der Waals surface area contributed by atoms with Gasteiger partial charge < -0.3 is 0 Å². The molecule has 0 unspecified atom stereocenters. The molecule has 0 bridgehead atoms. The molecule has 0 saturated heterocycles. The van der Waals surface area contributed by atoms with Gasteiger partial charge in [0.15, 0.2) is 0 Å². The van der Waals surface area contributed by atoms with Gasteiger partial charge in [-0.05, 0) is 80.0 Å². The summed E-state index contributed by atoms with van der Waals surface area (Å²) >= 11 is 0. The fourth-order valence-corrected chi connectivity index (χ4v) is 6.97. The highest BCUT2D eigenvalue weighted by molar-refractivity contribution is 5.25. The quantitative estimate of drug-likeness (QED) is 0.401. The Kier molecular flexibility index (Phi) is 3.08. The second kappa shape index (κ2) is 4.65. The van der Waals surface area contributed by atoms with Crippen LogP contribution in [0.1, 0.15) is 71.6 Å². The zero-order valence-electron chi connectivity index (χ0n) is 13.8. The predicted molar refractivity (Wildman–Crippen MR) is 88.6 cm³/mol. The first-order valence-electron chi connectivity index (χ1n) is 9.25. The van der Waals surface area contributed by atoms with Crippen molar-refractivity contribution in [3.63, 3.8) is 0 Å². The first kappa shape index (κ1) is 13.9. The second-order valence-corrected chi connectivity index (χ2v) is 8.81. The Morgan fingerprint density at radius 2 is 1.95 bits per heavy atom. The van der Waals surface area contributed by atoms with E-state index in [1.165, 1.54) is 57.8 Å². The fourth-order valence-electron chi connectivity index (χ4n) is 6.97. The van der Waals surface area contributed by atoms with E-state index >= 15 is 0 Å². The van der Waals surface area contributed by atoms with Gasteiger partial charge in [0, 0.05) is 5.92 Å². The highest BCUT2D eigenvalue weighted by Gasteiger charge is 2.57. The highest BCUT2D eigenvalue weighted by atomic mass is 14.6. The van der Waals surface area contributed by atoms with Crippen molar-refractivity contribution in [2.75, 3.05) is 0 Å². The Morgan fingerprint density at radius 1 is 1.10 bits per heavy atom. The Hall–Kier alpha value is -0.700. The minimum absolute atomic E-state index is 0.451. The Balaban J connectivity index is 1.69. The minimum atomic E-state index is 0.451. The highest BCUT2D eigenvalue weighted by Crippen LogP contribution is 2.66. The summed E-state index contributed by atoms with van der Waals surface area (Å²) in [5.41, 5.74) is 2.81. The second-order valence-electron chi connectivity index (χ2n) is 8.81. The standard InChI is InChI=1S/C21H30/c1-4-15-9-11-18-17-10-8-16-7-5-6-13-20(16,2)19(17)12-14-21(15,18)3/h1,8,15,17-19H,5-7,9-14H2,2-3H3/t15-,17-,18-,19-,20-,21+/m0/s1. The maximum atomic E-state index is 5.86. The molecule has 0 spiro atoms. The lowest BCUT2D eigenvalue weighted by Gasteiger charge is -2.57. The van der Waals surface area contributed by atoms with E-state index in [0.29, 0.717) is 16.7 Å². The van der Waals surface area contributed by atoms with Gasteiger partial charge in [-0.3, -0.25) is 0 Å². The number of hydrogen-bond acceptors (Lipinski definition) is 0. The molecule has 4 aliphatic rings. The largest absolute Gasteiger partial charge is 0.120 e. The molecule has 3 fully saturated rings. The summed E-state index contributed by atoms with van der Waals surface area (Å²) in [4.78, 5) is 0. The van der Waals surface area contributed by atoms with Crippen LogP contribution in [-0.4, -0.2) is 0 Å². The van der Waals surface area contributed by atoms with Gasteiger partial charge in [-0.25, -0.2) is 0 Å². The van der Waals surface area contributed by atoms with Crippen molar-refractivity contribution in [2.45, 2.75) is 71.6 Å². The Bertz CT molecular complexity index is 507. The number of fused-ring (bicyclic) bond motifs is 5. The third-order valence-corrected chi connectivity index (χ3v) is 8.22. The van der Waals surface area contributed by atoms with Gasteiger partial charge in [0.2, 0.25) is 0 Å². The Morgan fingerprint density at radius 3 is 2.76 bits per heavy atom. The maximum absolute atomic E-state index is 5.86. The fraction of sp³-hybridized carbons (Fsp3) is 0.810. The van der Waals surface area contributed by atoms with Crippen LogP contribution in [0.25, 0.3) is 0 Å². The van der Waals surface area contributed by atoms with Gasteiger partial charge in [0.25, 0.3) is 0 Å². The molecule has 0 amide bonds. The molecular formula is C21H30. The summed E-state index contributed by atoms with van der Waals surface area (Å²) in [5, 5.41) is 0. The van der Waals surface area contributed by atoms with E-state index in [9.17, 15) is 0 Å². The van der Waals surface area contributed by atoms with E-state index < -0.39 is 0 Å². The van der Waals surface area contributed by atoms with Gasteiger partial charge in [0.05, 0.1) is 0 Å². The van der Waals surface area contributed by atoms with Crippen LogP contribution >= 0.6 is 0 Å². The van der Waals surface area contributed by atoms with Crippen LogP contribution in [0, 0.1) is 46.8 Å². The van der Waals surface area contributed by atoms with Crippen molar-refractivity contribution in [1.29, 1.82) is 0 Å². The van der Waals surface area contributed by atoms with Gasteiger partial charge in [-0.2, -0.15) is 0 Å². The molecule has 0 N–H and O–H groups in total. The van der Waals surface area contributed by atoms with Crippen molar-refractivity contribution in [3.8, 4) is 12.3 Å². The lowest BCUT2D eigenvalue weighted by molar-refractivity contribution is -0.0335. The molecule has 21 heavy (non-hydrogen) atoms. The van der Waals surface area contributed by atoms with Gasteiger partial charge in [0.1, 0.15) is 0 Å². The summed E-state index contributed by atoms with van der Waals surface area (Å²) in [7, 11) is 0. The molecule has 0 aromatic heterocycles. The number of allylic oxidation sites excluding steroid dienone is 2. The van der Waals surface area contributed by atoms with Crippen LogP contribution in [0.15, 0.2) is 11.6 Å². The molecule has 0 aromatic carbocycles. The zero-order chi connectivity index (χ0) is 14.7. The maximum Gasteiger partial charge on any atom is 0.0256 e. The Labute approximate surface area is 130 Å². The third kappa shape index (κ3) is 1.76. The lowest BCUT2D eigenvalue weighted by Crippen LogP contribution is -2.49. The van der Waals surface area contributed by atoms with Crippen LogP contribution in [0.3, 0.4) is 0 Å². The van der Waals surface area contributed by atoms with E-state index in [4.69, 9.17) is 6.42 Å². The molecular weight excluding hydrogens is 252 g/mol. The molecule has 4 rings (SSSR count). The molecule has 0 radical (unpaired) electrons. The average Bonchev–Trinajstić information content (AvgIpc) is 2.83. The van der Waals surface area contributed by atoms with Crippen LogP contribution in [0.4, 0.5) is 0 Å². The van der Waals surface area contributed by atoms with Crippen molar-refractivity contribution in [3.05, 3.63) is 11.6 Å². The predicted octanol–water partition coefficient (Wildman–Crippen LogP) is 5.59. The third-order valence-electron chi connectivity index (χ3n) is 8.22. The van der Waals surface area contributed by atoms with Crippen LogP contribution in [-0.2, 0) is 0 Å². The number of terminal acetylenes is 1. The lowest BCUT2D eigenvalue weighted by atomic mass is 9.47. The molecule has 3 saturated carbocycles. The van der Waals surface area contributed by atoms with Crippen LogP contribution in [0.2, 0.25) is 0 Å². The first-order chi connectivity index (χ1) is 10.1. The van der Waals surface area contributed by atoms with E-state index in [0.717, 1.165) is 17.8 Å². The smallest absolute Gasteiger partial charge is 0.0256 e. The van der Waals surface area contributed by atoms with Gasteiger partial charge >= 0.3 is 0 Å². The van der Waals surface area contributed by atoms with E-state index in [-0.39, 0.29) is 0 Å². The summed E-state index contributed by atoms with van der Waals surface area (Å²) in [6.07, 6.45) is 21.1. The van der Waals surface area contributed by atoms with Crippen LogP contribution in [0.5, 0.6) is 0 Å². The summed E-state index contributed by atoms with van der Waals surface area (Å²) in [6.45, 7) is 5.12. The van der Waals surface area contributed by atoms with Gasteiger partial charge in [-0.15, -0.1) is 12.3 Å². The van der Waals surface area contributed by atoms with Crippen molar-refractivity contribution >= 4 is 0 Å². The van der Waals surface area contributed by atoms with Crippen molar-refractivity contribution in [1.82, 2.24) is 0 Å². The summed E-state index contributed by atoms with van der Waals surface area (Å²) in [6, 6.07) is 0. The molecule has 6 atom stereocenters. The molecule has 114 valence electrons. The van der Waals surface area contributed by atoms with Crippen LogP contribution < -0.4 is 0 Å². The molecule has 0 heterocycles. The zero-order valence-corrected chi connectivity index (χ0v) is 13.8. The van der Waals surface area contributed by atoms with Crippen molar-refractivity contribution in [2.24, 2.45) is 34.5 Å². The van der Waals surface area contributed by atoms with Gasteiger partial charge in [-0.1, -0.05) is 31.9 Å². The molecule has 0 aliphatic heterocycles. The SMILES string of the molecule is C#C[C@H]1CC[C@H]2[C@@H]3CC=C4CCCC[C@]4(C)[C@H]3CC[C@]12C. The number of hydrogen-bond donors (Lipinski definition) is 0. The minimum Gasteiger partial charge on any atom is -0.120 e. The normalized spacial score (nSPS) is 52.1. The van der Waals surface area contributed by atoms with E-state index in [1.54, 1.807) is 0 Å².